The van der Waals surface area contributed by atoms with E-state index in [4.69, 9.17) is 16.9 Å². The van der Waals surface area contributed by atoms with E-state index in [0.717, 1.165) is 28.3 Å². The number of nitriles is 1. The third-order valence-corrected chi connectivity index (χ3v) is 3.18. The van der Waals surface area contributed by atoms with Crippen molar-refractivity contribution in [1.82, 2.24) is 9.38 Å². The molecule has 19 heavy (non-hydrogen) atoms. The maximum atomic E-state index is 8.87. The van der Waals surface area contributed by atoms with Crippen molar-refractivity contribution in [1.29, 1.82) is 5.26 Å². The van der Waals surface area contributed by atoms with Crippen LogP contribution in [0.15, 0.2) is 48.8 Å². The molecule has 0 aliphatic heterocycles. The highest BCUT2D eigenvalue weighted by molar-refractivity contribution is 6.30. The Morgan fingerprint density at radius 3 is 2.63 bits per heavy atom. The van der Waals surface area contributed by atoms with Gasteiger partial charge in [0.05, 0.1) is 11.3 Å². The van der Waals surface area contributed by atoms with Gasteiger partial charge in [0.1, 0.15) is 11.7 Å². The van der Waals surface area contributed by atoms with Crippen LogP contribution in [0, 0.1) is 11.3 Å². The average Bonchev–Trinajstić information content (AvgIpc) is 2.82. The molecule has 0 saturated carbocycles. The summed E-state index contributed by atoms with van der Waals surface area (Å²) in [5.74, 6) is 0. The Bertz CT molecular complexity index is 766. The summed E-state index contributed by atoms with van der Waals surface area (Å²) in [5.41, 5.74) is 3.61. The van der Waals surface area contributed by atoms with Gasteiger partial charge in [-0.1, -0.05) is 23.7 Å². The van der Waals surface area contributed by atoms with Gasteiger partial charge in [0.15, 0.2) is 0 Å². The van der Waals surface area contributed by atoms with Crippen LogP contribution in [0.3, 0.4) is 0 Å². The number of halogens is 1. The maximum Gasteiger partial charge on any atom is 0.137 e. The Kier molecular flexibility index (Phi) is 2.94. The fourth-order valence-electron chi connectivity index (χ4n) is 2.01. The molecule has 0 aliphatic carbocycles. The number of rotatable bonds is 2. The van der Waals surface area contributed by atoms with Crippen molar-refractivity contribution >= 4 is 17.2 Å². The topological polar surface area (TPSA) is 41.1 Å². The van der Waals surface area contributed by atoms with E-state index < -0.39 is 0 Å². The van der Waals surface area contributed by atoms with Crippen LogP contribution in [0.5, 0.6) is 0 Å². The molecule has 0 amide bonds. The van der Waals surface area contributed by atoms with Gasteiger partial charge in [0.2, 0.25) is 0 Å². The minimum absolute atomic E-state index is 0.628. The Labute approximate surface area is 115 Å². The molecule has 0 saturated heterocycles. The lowest BCUT2D eigenvalue weighted by Crippen LogP contribution is -1.87. The first-order chi connectivity index (χ1) is 9.24. The van der Waals surface area contributed by atoms with E-state index in [1.165, 1.54) is 0 Å². The number of aromatic nitrogens is 2. The SMILES string of the molecule is N#Cc1ccc2nc(Cc3ccc(Cl)cc3)cn2c1. The molecular weight excluding hydrogens is 258 g/mol. The number of benzene rings is 1. The molecular formula is C15H10ClN3. The van der Waals surface area contributed by atoms with E-state index in [-0.39, 0.29) is 0 Å². The van der Waals surface area contributed by atoms with E-state index in [9.17, 15) is 0 Å². The van der Waals surface area contributed by atoms with Gasteiger partial charge < -0.3 is 4.40 Å². The van der Waals surface area contributed by atoms with Crippen molar-refractivity contribution in [2.24, 2.45) is 0 Å². The molecule has 2 aromatic heterocycles. The highest BCUT2D eigenvalue weighted by atomic mass is 35.5. The lowest BCUT2D eigenvalue weighted by atomic mass is 10.1. The Hall–Kier alpha value is -2.31. The highest BCUT2D eigenvalue weighted by Gasteiger charge is 2.03. The molecule has 0 spiro atoms. The van der Waals surface area contributed by atoms with Crippen molar-refractivity contribution in [3.05, 3.63) is 70.6 Å². The number of hydrogen-bond acceptors (Lipinski definition) is 2. The summed E-state index contributed by atoms with van der Waals surface area (Å²) in [6, 6.07) is 13.5. The first-order valence-electron chi connectivity index (χ1n) is 5.87. The fourth-order valence-corrected chi connectivity index (χ4v) is 2.13. The van der Waals surface area contributed by atoms with Crippen molar-refractivity contribution < 1.29 is 0 Å². The number of fused-ring (bicyclic) bond motifs is 1. The highest BCUT2D eigenvalue weighted by Crippen LogP contribution is 2.14. The van der Waals surface area contributed by atoms with Crippen molar-refractivity contribution in [3.8, 4) is 6.07 Å². The fraction of sp³-hybridized carbons (Fsp3) is 0.0667. The molecule has 2 heterocycles. The van der Waals surface area contributed by atoms with Gasteiger partial charge in [-0.05, 0) is 29.8 Å². The molecule has 3 aromatic rings. The maximum absolute atomic E-state index is 8.87. The molecule has 0 aliphatic rings. The zero-order chi connectivity index (χ0) is 13.2. The smallest absolute Gasteiger partial charge is 0.137 e. The molecule has 1 aromatic carbocycles. The van der Waals surface area contributed by atoms with Gasteiger partial charge in [-0.15, -0.1) is 0 Å². The first kappa shape index (κ1) is 11.8. The lowest BCUT2D eigenvalue weighted by molar-refractivity contribution is 1.11. The third kappa shape index (κ3) is 2.44. The second-order valence-corrected chi connectivity index (χ2v) is 4.77. The van der Waals surface area contributed by atoms with Crippen LogP contribution in [-0.2, 0) is 6.42 Å². The predicted molar refractivity (Wildman–Crippen MR) is 74.2 cm³/mol. The summed E-state index contributed by atoms with van der Waals surface area (Å²) in [7, 11) is 0. The third-order valence-electron chi connectivity index (χ3n) is 2.93. The van der Waals surface area contributed by atoms with Crippen LogP contribution < -0.4 is 0 Å². The van der Waals surface area contributed by atoms with Crippen molar-refractivity contribution in [2.45, 2.75) is 6.42 Å². The van der Waals surface area contributed by atoms with Crippen LogP contribution >= 0.6 is 11.6 Å². The standard InChI is InChI=1S/C15H10ClN3/c16-13-4-1-11(2-5-13)7-14-10-19-9-12(8-17)3-6-15(19)18-14/h1-6,9-10H,7H2. The lowest BCUT2D eigenvalue weighted by Gasteiger charge is -1.97. The Morgan fingerprint density at radius 2 is 1.89 bits per heavy atom. The number of imidazole rings is 1. The summed E-state index contributed by atoms with van der Waals surface area (Å²) >= 11 is 5.86. The zero-order valence-corrected chi connectivity index (χ0v) is 10.8. The average molecular weight is 268 g/mol. The molecule has 92 valence electrons. The van der Waals surface area contributed by atoms with Crippen LogP contribution in [0.1, 0.15) is 16.8 Å². The van der Waals surface area contributed by atoms with Crippen molar-refractivity contribution in [3.63, 3.8) is 0 Å². The molecule has 3 nitrogen and oxygen atoms in total. The van der Waals surface area contributed by atoms with E-state index in [1.54, 1.807) is 12.3 Å². The minimum atomic E-state index is 0.628. The molecule has 0 N–H and O–H groups in total. The molecule has 4 heteroatoms. The quantitative estimate of drug-likeness (QED) is 0.714. The second-order valence-electron chi connectivity index (χ2n) is 4.33. The molecule has 0 atom stereocenters. The summed E-state index contributed by atoms with van der Waals surface area (Å²) in [6.07, 6.45) is 4.49. The first-order valence-corrected chi connectivity index (χ1v) is 6.24. The number of hydrogen-bond donors (Lipinski definition) is 0. The van der Waals surface area contributed by atoms with Crippen LogP contribution in [0.2, 0.25) is 5.02 Å². The van der Waals surface area contributed by atoms with Gasteiger partial charge in [-0.2, -0.15) is 5.26 Å². The normalized spacial score (nSPS) is 10.5. The van der Waals surface area contributed by atoms with Crippen molar-refractivity contribution in [2.75, 3.05) is 0 Å². The molecule has 0 bridgehead atoms. The van der Waals surface area contributed by atoms with Crippen LogP contribution in [0.25, 0.3) is 5.65 Å². The van der Waals surface area contributed by atoms with Crippen LogP contribution in [-0.4, -0.2) is 9.38 Å². The van der Waals surface area contributed by atoms with Gasteiger partial charge in [0.25, 0.3) is 0 Å². The number of pyridine rings is 1. The summed E-state index contributed by atoms with van der Waals surface area (Å²) in [6.45, 7) is 0. The van der Waals surface area contributed by atoms with E-state index >= 15 is 0 Å². The largest absolute Gasteiger partial charge is 0.305 e. The monoisotopic (exact) mass is 267 g/mol. The van der Waals surface area contributed by atoms with E-state index in [0.29, 0.717) is 5.56 Å². The summed E-state index contributed by atoms with van der Waals surface area (Å²) in [5, 5.41) is 9.60. The van der Waals surface area contributed by atoms with E-state index in [2.05, 4.69) is 11.1 Å². The molecule has 3 rings (SSSR count). The van der Waals surface area contributed by atoms with Gasteiger partial charge in [-0.25, -0.2) is 4.98 Å². The summed E-state index contributed by atoms with van der Waals surface area (Å²) < 4.78 is 1.88. The Morgan fingerprint density at radius 1 is 1.11 bits per heavy atom. The second kappa shape index (κ2) is 4.75. The van der Waals surface area contributed by atoms with Gasteiger partial charge >= 0.3 is 0 Å². The van der Waals surface area contributed by atoms with E-state index in [1.807, 2.05) is 40.9 Å². The van der Waals surface area contributed by atoms with Crippen LogP contribution in [0.4, 0.5) is 0 Å². The van der Waals surface area contributed by atoms with Gasteiger partial charge in [-0.3, -0.25) is 0 Å². The number of nitrogens with zero attached hydrogens (tertiary/aromatic N) is 3. The zero-order valence-electron chi connectivity index (χ0n) is 10.0. The minimum Gasteiger partial charge on any atom is -0.305 e. The van der Waals surface area contributed by atoms with Gasteiger partial charge in [0, 0.05) is 23.8 Å². The molecule has 0 radical (unpaired) electrons. The predicted octanol–water partition coefficient (Wildman–Crippen LogP) is 3.45. The molecule has 0 fully saturated rings. The summed E-state index contributed by atoms with van der Waals surface area (Å²) in [4.78, 5) is 4.53. The Balaban J connectivity index is 1.93. The molecule has 0 unspecified atom stereocenters.